The standard InChI is InChI=1S/C16H14F2N2O2/c1-10(14-8-5-12(17)9-15(14)18)19-20-16(21)11-3-6-13(22-2)7-4-11/h3-9H,1-2H3,(H,20,21)/b19-10-. The summed E-state index contributed by atoms with van der Waals surface area (Å²) < 4.78 is 31.4. The molecule has 0 bridgehead atoms. The van der Waals surface area contributed by atoms with Gasteiger partial charge >= 0.3 is 0 Å². The Bertz CT molecular complexity index is 713. The van der Waals surface area contributed by atoms with Crippen molar-refractivity contribution < 1.29 is 18.3 Å². The van der Waals surface area contributed by atoms with Crippen molar-refractivity contribution >= 4 is 11.6 Å². The van der Waals surface area contributed by atoms with Crippen LogP contribution in [0, 0.1) is 11.6 Å². The first kappa shape index (κ1) is 15.6. The van der Waals surface area contributed by atoms with E-state index in [0.29, 0.717) is 11.3 Å². The van der Waals surface area contributed by atoms with Crippen LogP contribution in [-0.4, -0.2) is 18.7 Å². The Morgan fingerprint density at radius 3 is 2.41 bits per heavy atom. The number of hydrogen-bond acceptors (Lipinski definition) is 3. The van der Waals surface area contributed by atoms with Gasteiger partial charge in [0.2, 0.25) is 0 Å². The van der Waals surface area contributed by atoms with Crippen molar-refractivity contribution in [3.8, 4) is 5.75 Å². The number of carbonyl (C=O) groups is 1. The lowest BCUT2D eigenvalue weighted by Gasteiger charge is -2.05. The quantitative estimate of drug-likeness (QED) is 0.697. The van der Waals surface area contributed by atoms with Crippen LogP contribution in [0.2, 0.25) is 0 Å². The summed E-state index contributed by atoms with van der Waals surface area (Å²) in [5.74, 6) is -1.22. The molecule has 1 amide bonds. The molecular formula is C16H14F2N2O2. The summed E-state index contributed by atoms with van der Waals surface area (Å²) in [6.45, 7) is 1.52. The fourth-order valence-electron chi connectivity index (χ4n) is 1.78. The van der Waals surface area contributed by atoms with Gasteiger partial charge in [0, 0.05) is 17.2 Å². The first-order valence-corrected chi connectivity index (χ1v) is 6.45. The molecule has 0 heterocycles. The van der Waals surface area contributed by atoms with Crippen LogP contribution in [0.3, 0.4) is 0 Å². The molecule has 6 heteroatoms. The molecule has 4 nitrogen and oxygen atoms in total. The second-order valence-electron chi connectivity index (χ2n) is 4.49. The lowest BCUT2D eigenvalue weighted by molar-refractivity contribution is 0.0955. The van der Waals surface area contributed by atoms with Crippen molar-refractivity contribution in [3.63, 3.8) is 0 Å². The summed E-state index contributed by atoms with van der Waals surface area (Å²) in [5, 5.41) is 3.83. The molecule has 0 fully saturated rings. The van der Waals surface area contributed by atoms with Crippen molar-refractivity contribution in [2.75, 3.05) is 7.11 Å². The molecule has 1 N–H and O–H groups in total. The molecule has 22 heavy (non-hydrogen) atoms. The SMILES string of the molecule is COc1ccc(C(=O)N/N=C(/C)c2ccc(F)cc2F)cc1. The van der Waals surface area contributed by atoms with E-state index in [9.17, 15) is 13.6 Å². The van der Waals surface area contributed by atoms with Crippen LogP contribution in [-0.2, 0) is 0 Å². The smallest absolute Gasteiger partial charge is 0.271 e. The summed E-state index contributed by atoms with van der Waals surface area (Å²) >= 11 is 0. The summed E-state index contributed by atoms with van der Waals surface area (Å²) in [5.41, 5.74) is 3.07. The first-order valence-electron chi connectivity index (χ1n) is 6.45. The Balaban J connectivity index is 2.10. The molecular weight excluding hydrogens is 290 g/mol. The van der Waals surface area contributed by atoms with Gasteiger partial charge in [-0.15, -0.1) is 0 Å². The van der Waals surface area contributed by atoms with Crippen LogP contribution in [0.25, 0.3) is 0 Å². The van der Waals surface area contributed by atoms with Gasteiger partial charge in [-0.25, -0.2) is 14.2 Å². The number of halogens is 2. The molecule has 0 spiro atoms. The number of rotatable bonds is 4. The number of amides is 1. The number of benzene rings is 2. The molecule has 0 saturated heterocycles. The lowest BCUT2D eigenvalue weighted by Crippen LogP contribution is -2.19. The molecule has 114 valence electrons. The second-order valence-corrected chi connectivity index (χ2v) is 4.49. The topological polar surface area (TPSA) is 50.7 Å². The van der Waals surface area contributed by atoms with E-state index in [4.69, 9.17) is 4.74 Å². The van der Waals surface area contributed by atoms with Crippen LogP contribution >= 0.6 is 0 Å². The van der Waals surface area contributed by atoms with Crippen LogP contribution in [0.4, 0.5) is 8.78 Å². The fraction of sp³-hybridized carbons (Fsp3) is 0.125. The highest BCUT2D eigenvalue weighted by atomic mass is 19.1. The van der Waals surface area contributed by atoms with Gasteiger partial charge in [-0.2, -0.15) is 5.10 Å². The third kappa shape index (κ3) is 3.66. The number of nitrogens with zero attached hydrogens (tertiary/aromatic N) is 1. The fourth-order valence-corrected chi connectivity index (χ4v) is 1.78. The Labute approximate surface area is 126 Å². The average Bonchev–Trinajstić information content (AvgIpc) is 2.52. The van der Waals surface area contributed by atoms with Gasteiger partial charge in [-0.1, -0.05) is 0 Å². The van der Waals surface area contributed by atoms with E-state index in [-0.39, 0.29) is 11.3 Å². The highest BCUT2D eigenvalue weighted by Gasteiger charge is 2.08. The van der Waals surface area contributed by atoms with Gasteiger partial charge in [-0.3, -0.25) is 4.79 Å². The Morgan fingerprint density at radius 1 is 1.14 bits per heavy atom. The highest BCUT2D eigenvalue weighted by Crippen LogP contribution is 2.12. The summed E-state index contributed by atoms with van der Waals surface area (Å²) in [6.07, 6.45) is 0. The molecule has 0 aliphatic carbocycles. The summed E-state index contributed by atoms with van der Waals surface area (Å²) in [4.78, 5) is 11.9. The predicted octanol–water partition coefficient (Wildman–Crippen LogP) is 3.13. The van der Waals surface area contributed by atoms with Crippen molar-refractivity contribution in [1.29, 1.82) is 0 Å². The molecule has 0 aliphatic heterocycles. The monoisotopic (exact) mass is 304 g/mol. The molecule has 0 atom stereocenters. The maximum absolute atomic E-state index is 13.6. The van der Waals surface area contributed by atoms with Crippen molar-refractivity contribution in [3.05, 3.63) is 65.2 Å². The van der Waals surface area contributed by atoms with E-state index >= 15 is 0 Å². The van der Waals surface area contributed by atoms with Gasteiger partial charge in [0.05, 0.1) is 12.8 Å². The van der Waals surface area contributed by atoms with E-state index in [2.05, 4.69) is 10.5 Å². The minimum atomic E-state index is -0.736. The normalized spacial score (nSPS) is 11.2. The number of ether oxygens (including phenoxy) is 1. The first-order chi connectivity index (χ1) is 10.5. The largest absolute Gasteiger partial charge is 0.497 e. The molecule has 2 rings (SSSR count). The van der Waals surface area contributed by atoms with E-state index in [1.807, 2.05) is 0 Å². The Morgan fingerprint density at radius 2 is 1.82 bits per heavy atom. The molecule has 0 unspecified atom stereocenters. The van der Waals surface area contributed by atoms with Crippen LogP contribution in [0.5, 0.6) is 5.75 Å². The number of nitrogens with one attached hydrogen (secondary N) is 1. The second kappa shape index (κ2) is 6.80. The minimum Gasteiger partial charge on any atom is -0.497 e. The predicted molar refractivity (Wildman–Crippen MR) is 79.0 cm³/mol. The van der Waals surface area contributed by atoms with E-state index in [0.717, 1.165) is 12.1 Å². The zero-order valence-electron chi connectivity index (χ0n) is 12.1. The third-order valence-electron chi connectivity index (χ3n) is 3.00. The van der Waals surface area contributed by atoms with Gasteiger partial charge in [0.1, 0.15) is 17.4 Å². The third-order valence-corrected chi connectivity index (χ3v) is 3.00. The number of hydrazone groups is 1. The van der Waals surface area contributed by atoms with Crippen molar-refractivity contribution in [2.45, 2.75) is 6.92 Å². The van der Waals surface area contributed by atoms with Crippen LogP contribution in [0.1, 0.15) is 22.8 Å². The average molecular weight is 304 g/mol. The zero-order chi connectivity index (χ0) is 16.1. The number of hydrogen-bond donors (Lipinski definition) is 1. The van der Waals surface area contributed by atoms with Gasteiger partial charge in [0.15, 0.2) is 0 Å². The van der Waals surface area contributed by atoms with Crippen molar-refractivity contribution in [1.82, 2.24) is 5.43 Å². The molecule has 0 aliphatic rings. The van der Waals surface area contributed by atoms with Crippen molar-refractivity contribution in [2.24, 2.45) is 5.10 Å². The minimum absolute atomic E-state index is 0.122. The van der Waals surface area contributed by atoms with Gasteiger partial charge < -0.3 is 4.74 Å². The van der Waals surface area contributed by atoms with Crippen LogP contribution in [0.15, 0.2) is 47.6 Å². The van der Waals surface area contributed by atoms with Gasteiger partial charge in [-0.05, 0) is 43.3 Å². The Kier molecular flexibility index (Phi) is 4.83. The van der Waals surface area contributed by atoms with E-state index < -0.39 is 17.5 Å². The van der Waals surface area contributed by atoms with Gasteiger partial charge in [0.25, 0.3) is 5.91 Å². The molecule has 0 aromatic heterocycles. The van der Waals surface area contributed by atoms with E-state index in [1.54, 1.807) is 24.3 Å². The zero-order valence-corrected chi connectivity index (χ0v) is 12.1. The molecule has 2 aromatic rings. The number of methoxy groups -OCH3 is 1. The Hall–Kier alpha value is -2.76. The van der Waals surface area contributed by atoms with E-state index in [1.165, 1.54) is 20.1 Å². The van der Waals surface area contributed by atoms with Crippen LogP contribution < -0.4 is 10.2 Å². The molecule has 0 radical (unpaired) electrons. The lowest BCUT2D eigenvalue weighted by atomic mass is 10.1. The molecule has 0 saturated carbocycles. The molecule has 2 aromatic carbocycles. The summed E-state index contributed by atoms with van der Waals surface area (Å²) in [7, 11) is 1.53. The number of carbonyl (C=O) groups excluding carboxylic acids is 1. The summed E-state index contributed by atoms with van der Waals surface area (Å²) in [6, 6.07) is 9.61. The highest BCUT2D eigenvalue weighted by molar-refractivity contribution is 6.01. The maximum atomic E-state index is 13.6. The maximum Gasteiger partial charge on any atom is 0.271 e.